The molecule has 5 aromatic carbocycles. The molecule has 0 atom stereocenters. The largest absolute Gasteiger partial charge is 0.436 e. The SMILES string of the molecule is Cc1ccc2oc(-c3ccc(N=Cc4ccc(C=Nc5ccc(-c6nc7cc(C)ccc7o6)cc5)cc4)cc3)nc2c1. The van der Waals surface area contributed by atoms with Crippen molar-refractivity contribution in [2.24, 2.45) is 9.98 Å². The molecule has 0 bridgehead atoms. The lowest BCUT2D eigenvalue weighted by Crippen LogP contribution is -1.84. The average Bonchev–Trinajstić information content (AvgIpc) is 3.64. The molecule has 6 nitrogen and oxygen atoms in total. The van der Waals surface area contributed by atoms with Crippen LogP contribution in [0.25, 0.3) is 45.1 Å². The zero-order valence-electron chi connectivity index (χ0n) is 23.2. The molecule has 42 heavy (non-hydrogen) atoms. The molecule has 0 saturated carbocycles. The van der Waals surface area contributed by atoms with Crippen molar-refractivity contribution < 1.29 is 8.83 Å². The van der Waals surface area contributed by atoms with Crippen LogP contribution in [-0.4, -0.2) is 22.4 Å². The minimum Gasteiger partial charge on any atom is -0.436 e. The average molecular weight is 547 g/mol. The summed E-state index contributed by atoms with van der Waals surface area (Å²) in [7, 11) is 0. The van der Waals surface area contributed by atoms with Crippen LogP contribution >= 0.6 is 0 Å². The van der Waals surface area contributed by atoms with E-state index in [-0.39, 0.29) is 0 Å². The van der Waals surface area contributed by atoms with Gasteiger partial charge in [-0.25, -0.2) is 9.97 Å². The van der Waals surface area contributed by atoms with Crippen molar-refractivity contribution >= 4 is 46.0 Å². The summed E-state index contributed by atoms with van der Waals surface area (Å²) in [5.74, 6) is 1.22. The molecule has 7 aromatic rings. The minimum atomic E-state index is 0.609. The molecule has 6 heteroatoms. The molecule has 0 fully saturated rings. The molecule has 202 valence electrons. The molecule has 0 radical (unpaired) electrons. The van der Waals surface area contributed by atoms with Gasteiger partial charge in [0.15, 0.2) is 11.2 Å². The number of fused-ring (bicyclic) bond motifs is 2. The third kappa shape index (κ3) is 5.38. The van der Waals surface area contributed by atoms with Crippen LogP contribution < -0.4 is 0 Å². The number of benzene rings is 5. The Kier molecular flexibility index (Phi) is 6.49. The Bertz CT molecular complexity index is 1930. The number of aliphatic imine (C=N–C) groups is 2. The molecular weight excluding hydrogens is 520 g/mol. The molecule has 7 rings (SSSR count). The van der Waals surface area contributed by atoms with Crippen LogP contribution in [0.2, 0.25) is 0 Å². The molecule has 0 aliphatic heterocycles. The van der Waals surface area contributed by atoms with Gasteiger partial charge in [-0.05, 0) is 109 Å². The number of aryl methyl sites for hydroxylation is 2. The number of oxazole rings is 2. The maximum atomic E-state index is 5.91. The summed E-state index contributed by atoms with van der Waals surface area (Å²) in [6, 6.07) is 35.9. The molecule has 0 saturated heterocycles. The normalized spacial score (nSPS) is 11.9. The Morgan fingerprint density at radius 2 is 0.905 bits per heavy atom. The summed E-state index contributed by atoms with van der Waals surface area (Å²) in [6.45, 7) is 4.09. The first kappa shape index (κ1) is 25.4. The summed E-state index contributed by atoms with van der Waals surface area (Å²) in [4.78, 5) is 18.5. The van der Waals surface area contributed by atoms with Gasteiger partial charge in [0.1, 0.15) is 11.0 Å². The van der Waals surface area contributed by atoms with Crippen LogP contribution in [0.3, 0.4) is 0 Å². The van der Waals surface area contributed by atoms with Gasteiger partial charge in [0, 0.05) is 23.6 Å². The minimum absolute atomic E-state index is 0.609. The lowest BCUT2D eigenvalue weighted by atomic mass is 10.1. The van der Waals surface area contributed by atoms with Gasteiger partial charge in [0.25, 0.3) is 0 Å². The molecule has 0 N–H and O–H groups in total. The van der Waals surface area contributed by atoms with Gasteiger partial charge in [-0.1, -0.05) is 36.4 Å². The molecule has 2 heterocycles. The van der Waals surface area contributed by atoms with Crippen LogP contribution in [0.4, 0.5) is 11.4 Å². The van der Waals surface area contributed by atoms with Crippen molar-refractivity contribution in [2.45, 2.75) is 13.8 Å². The number of hydrogen-bond acceptors (Lipinski definition) is 6. The number of aromatic nitrogens is 2. The molecule has 0 unspecified atom stereocenters. The van der Waals surface area contributed by atoms with Crippen LogP contribution in [0.1, 0.15) is 22.3 Å². The molecule has 0 aliphatic carbocycles. The zero-order valence-corrected chi connectivity index (χ0v) is 23.2. The summed E-state index contributed by atoms with van der Waals surface area (Å²) in [5.41, 5.74) is 11.2. The van der Waals surface area contributed by atoms with E-state index in [4.69, 9.17) is 8.83 Å². The number of hydrogen-bond donors (Lipinski definition) is 0. The van der Waals surface area contributed by atoms with E-state index < -0.39 is 0 Å². The highest BCUT2D eigenvalue weighted by Crippen LogP contribution is 2.28. The van der Waals surface area contributed by atoms with Crippen molar-refractivity contribution in [3.63, 3.8) is 0 Å². The van der Waals surface area contributed by atoms with E-state index >= 15 is 0 Å². The van der Waals surface area contributed by atoms with E-state index in [1.807, 2.05) is 135 Å². The lowest BCUT2D eigenvalue weighted by molar-refractivity contribution is 0.619. The van der Waals surface area contributed by atoms with E-state index in [0.717, 1.165) is 67.0 Å². The summed E-state index contributed by atoms with van der Waals surface area (Å²) >= 11 is 0. The van der Waals surface area contributed by atoms with Gasteiger partial charge in [-0.15, -0.1) is 0 Å². The Hall–Kier alpha value is -5.62. The Morgan fingerprint density at radius 3 is 1.31 bits per heavy atom. The van der Waals surface area contributed by atoms with Crippen molar-refractivity contribution in [3.05, 3.63) is 131 Å². The Morgan fingerprint density at radius 1 is 0.500 bits per heavy atom. The van der Waals surface area contributed by atoms with Crippen LogP contribution in [0.5, 0.6) is 0 Å². The van der Waals surface area contributed by atoms with Gasteiger partial charge in [0.05, 0.1) is 11.4 Å². The highest BCUT2D eigenvalue weighted by Gasteiger charge is 2.09. The van der Waals surface area contributed by atoms with Gasteiger partial charge >= 0.3 is 0 Å². The fraction of sp³-hybridized carbons (Fsp3) is 0.0556. The molecule has 2 aromatic heterocycles. The maximum absolute atomic E-state index is 5.91. The predicted octanol–water partition coefficient (Wildman–Crippen LogP) is 9.42. The zero-order chi connectivity index (χ0) is 28.5. The standard InChI is InChI=1S/C36H26N4O2/c1-23-3-17-33-31(19-23)39-35(41-33)27-9-13-29(14-10-27)37-21-25-5-7-26(8-6-25)22-38-30-15-11-28(12-16-30)36-40-32-20-24(2)4-18-34(32)42-36/h3-22H,1-2H3. The summed E-state index contributed by atoms with van der Waals surface area (Å²) in [6.07, 6.45) is 3.70. The van der Waals surface area contributed by atoms with Crippen LogP contribution in [-0.2, 0) is 0 Å². The van der Waals surface area contributed by atoms with Gasteiger partial charge < -0.3 is 8.83 Å². The second-order valence-corrected chi connectivity index (χ2v) is 10.3. The second kappa shape index (κ2) is 10.7. The van der Waals surface area contributed by atoms with Gasteiger partial charge in [-0.3, -0.25) is 9.98 Å². The highest BCUT2D eigenvalue weighted by atomic mass is 16.4. The van der Waals surface area contributed by atoms with Gasteiger partial charge in [0.2, 0.25) is 11.8 Å². The molecule has 0 amide bonds. The first-order chi connectivity index (χ1) is 20.6. The number of rotatable bonds is 6. The third-order valence-corrected chi connectivity index (χ3v) is 6.98. The summed E-state index contributed by atoms with van der Waals surface area (Å²) < 4.78 is 11.8. The molecule has 0 aliphatic rings. The fourth-order valence-electron chi connectivity index (χ4n) is 4.67. The quantitative estimate of drug-likeness (QED) is 0.195. The Balaban J connectivity index is 0.985. The highest BCUT2D eigenvalue weighted by molar-refractivity contribution is 5.86. The van der Waals surface area contributed by atoms with E-state index in [1.165, 1.54) is 0 Å². The van der Waals surface area contributed by atoms with E-state index in [0.29, 0.717) is 11.8 Å². The fourth-order valence-corrected chi connectivity index (χ4v) is 4.67. The van der Waals surface area contributed by atoms with E-state index in [2.05, 4.69) is 20.0 Å². The Labute approximate surface area is 242 Å². The first-order valence-electron chi connectivity index (χ1n) is 13.7. The lowest BCUT2D eigenvalue weighted by Gasteiger charge is -1.99. The molecular formula is C36H26N4O2. The van der Waals surface area contributed by atoms with E-state index in [1.54, 1.807) is 0 Å². The van der Waals surface area contributed by atoms with Crippen molar-refractivity contribution in [2.75, 3.05) is 0 Å². The third-order valence-electron chi connectivity index (χ3n) is 6.98. The van der Waals surface area contributed by atoms with E-state index in [9.17, 15) is 0 Å². The topological polar surface area (TPSA) is 76.8 Å². The summed E-state index contributed by atoms with van der Waals surface area (Å²) in [5, 5.41) is 0. The smallest absolute Gasteiger partial charge is 0.227 e. The second-order valence-electron chi connectivity index (χ2n) is 10.3. The van der Waals surface area contributed by atoms with Crippen LogP contribution in [0.15, 0.2) is 128 Å². The van der Waals surface area contributed by atoms with Crippen molar-refractivity contribution in [1.29, 1.82) is 0 Å². The first-order valence-corrected chi connectivity index (χ1v) is 13.7. The van der Waals surface area contributed by atoms with Crippen molar-refractivity contribution in [1.82, 2.24) is 9.97 Å². The molecule has 0 spiro atoms. The predicted molar refractivity (Wildman–Crippen MR) is 169 cm³/mol. The number of nitrogens with zero attached hydrogens (tertiary/aromatic N) is 4. The van der Waals surface area contributed by atoms with Gasteiger partial charge in [-0.2, -0.15) is 0 Å². The maximum Gasteiger partial charge on any atom is 0.227 e. The monoisotopic (exact) mass is 546 g/mol. The van der Waals surface area contributed by atoms with Crippen molar-refractivity contribution in [3.8, 4) is 22.9 Å². The van der Waals surface area contributed by atoms with Crippen LogP contribution in [0, 0.1) is 13.8 Å².